The smallest absolute Gasteiger partial charge is 0.347 e. The van der Waals surface area contributed by atoms with Gasteiger partial charge in [0, 0.05) is 11.6 Å². The van der Waals surface area contributed by atoms with Crippen LogP contribution in [0, 0.1) is 61.3 Å². The third-order valence-electron chi connectivity index (χ3n) is 9.37. The van der Waals surface area contributed by atoms with Crippen LogP contribution in [-0.2, 0) is 20.7 Å². The maximum atomic E-state index is 13.7. The third kappa shape index (κ3) is 6.98. The molecule has 0 aromatic heterocycles. The number of carboxylic acid groups (broad SMARTS) is 1. The van der Waals surface area contributed by atoms with Crippen molar-refractivity contribution in [3.05, 3.63) is 102 Å². The van der Waals surface area contributed by atoms with Gasteiger partial charge >= 0.3 is 23.9 Å². The number of aromatic hydroxyl groups is 1. The van der Waals surface area contributed by atoms with Crippen molar-refractivity contribution in [2.75, 3.05) is 7.11 Å². The summed E-state index contributed by atoms with van der Waals surface area (Å²) in [5.41, 5.74) is 3.53. The zero-order valence-corrected chi connectivity index (χ0v) is 30.8. The van der Waals surface area contributed by atoms with Crippen molar-refractivity contribution in [2.24, 2.45) is 5.92 Å². The van der Waals surface area contributed by atoms with Gasteiger partial charge in [-0.15, -0.1) is 0 Å². The molecule has 0 saturated carbocycles. The lowest BCUT2D eigenvalue weighted by molar-refractivity contribution is -0.137. The molecule has 4 rings (SSSR count). The first kappa shape index (κ1) is 38.4. The number of ether oxygens (including phenoxy) is 4. The molecule has 0 bridgehead atoms. The largest absolute Gasteiger partial charge is 0.507 e. The number of aryl methyl sites for hydroxylation is 1. The summed E-state index contributed by atoms with van der Waals surface area (Å²) in [5.74, 6) is -4.91. The van der Waals surface area contributed by atoms with Gasteiger partial charge in [-0.3, -0.25) is 9.59 Å². The Hall–Kier alpha value is -5.42. The Morgan fingerprint density at radius 2 is 1.35 bits per heavy atom. The first-order valence-electron chi connectivity index (χ1n) is 16.0. The molecule has 0 spiro atoms. The molecule has 1 unspecified atom stereocenters. The molecule has 1 aliphatic rings. The number of allylic oxidation sites excluding steroid dienone is 2. The summed E-state index contributed by atoms with van der Waals surface area (Å²) in [4.78, 5) is 64.0. The standard InChI is InChI=1S/C39H39ClO11/c1-11-25-21(7)30(36(43)44)17(3)19(5)34(25)50-38(46)29-16(2)14-27(22(8)33(29)42)49-39(47)31-18(4)20(6)35(32(40)23(31)9)51-37(45)26-13-12-24(41)15-28(26)48-10/h12-15,26,42H,11H2,1-10H3,(H,43,44). The lowest BCUT2D eigenvalue weighted by Crippen LogP contribution is -2.25. The fourth-order valence-electron chi connectivity index (χ4n) is 6.22. The number of halogens is 1. The average molecular weight is 719 g/mol. The first-order chi connectivity index (χ1) is 23.9. The van der Waals surface area contributed by atoms with Crippen LogP contribution >= 0.6 is 11.6 Å². The van der Waals surface area contributed by atoms with Gasteiger partial charge in [0.15, 0.2) is 11.5 Å². The number of carbonyl (C=O) groups excluding carboxylic acids is 4. The molecule has 11 nitrogen and oxygen atoms in total. The van der Waals surface area contributed by atoms with Crippen LogP contribution < -0.4 is 14.2 Å². The van der Waals surface area contributed by atoms with Gasteiger partial charge in [0.25, 0.3) is 0 Å². The normalized spacial score (nSPS) is 13.8. The number of phenolic OH excluding ortho intramolecular Hbond substituents is 1. The summed E-state index contributed by atoms with van der Waals surface area (Å²) in [6.07, 6.45) is 4.20. The molecule has 51 heavy (non-hydrogen) atoms. The van der Waals surface area contributed by atoms with Crippen molar-refractivity contribution in [1.29, 1.82) is 0 Å². The molecule has 1 atom stereocenters. The Morgan fingerprint density at radius 1 is 0.765 bits per heavy atom. The third-order valence-corrected chi connectivity index (χ3v) is 9.83. The second-order valence-corrected chi connectivity index (χ2v) is 12.7. The number of phenols is 1. The van der Waals surface area contributed by atoms with Gasteiger partial charge < -0.3 is 29.2 Å². The van der Waals surface area contributed by atoms with E-state index in [1.54, 1.807) is 48.5 Å². The highest BCUT2D eigenvalue weighted by atomic mass is 35.5. The van der Waals surface area contributed by atoms with Crippen LogP contribution in [0.3, 0.4) is 0 Å². The van der Waals surface area contributed by atoms with Crippen molar-refractivity contribution < 1.29 is 53.1 Å². The van der Waals surface area contributed by atoms with E-state index in [2.05, 4.69) is 0 Å². The Kier molecular flexibility index (Phi) is 11.2. The Labute approximate surface area is 300 Å². The van der Waals surface area contributed by atoms with Crippen molar-refractivity contribution in [2.45, 2.75) is 68.7 Å². The second-order valence-electron chi connectivity index (χ2n) is 12.3. The number of carboxylic acids is 1. The number of benzene rings is 3. The molecule has 0 amide bonds. The predicted octanol–water partition coefficient (Wildman–Crippen LogP) is 7.40. The molecular weight excluding hydrogens is 680 g/mol. The highest BCUT2D eigenvalue weighted by molar-refractivity contribution is 6.33. The Morgan fingerprint density at radius 3 is 1.94 bits per heavy atom. The average Bonchev–Trinajstić information content (AvgIpc) is 3.06. The number of methoxy groups -OCH3 is 1. The van der Waals surface area contributed by atoms with Crippen molar-refractivity contribution in [3.8, 4) is 23.0 Å². The molecule has 3 aromatic rings. The summed E-state index contributed by atoms with van der Waals surface area (Å²) in [6, 6.07) is 1.43. The minimum Gasteiger partial charge on any atom is -0.507 e. The van der Waals surface area contributed by atoms with Crippen LogP contribution in [0.25, 0.3) is 0 Å². The summed E-state index contributed by atoms with van der Waals surface area (Å²) in [6.45, 7) is 14.6. The van der Waals surface area contributed by atoms with Gasteiger partial charge in [0.1, 0.15) is 34.5 Å². The molecule has 1 aliphatic carbocycles. The molecule has 0 fully saturated rings. The van der Waals surface area contributed by atoms with Crippen LogP contribution in [0.2, 0.25) is 5.02 Å². The van der Waals surface area contributed by atoms with Crippen molar-refractivity contribution >= 4 is 41.3 Å². The second kappa shape index (κ2) is 14.8. The minimum atomic E-state index is -1.08. The van der Waals surface area contributed by atoms with Gasteiger partial charge in [-0.25, -0.2) is 14.4 Å². The number of ketones is 1. The lowest BCUT2D eigenvalue weighted by atomic mass is 9.91. The topological polar surface area (TPSA) is 163 Å². The van der Waals surface area contributed by atoms with E-state index >= 15 is 0 Å². The summed E-state index contributed by atoms with van der Waals surface area (Å²) in [5, 5.41) is 21.0. The minimum absolute atomic E-state index is 0.00495. The SMILES string of the molecule is CCc1c(C)c(C(=O)O)c(C)c(C)c1OC(=O)c1c(C)cc(OC(=O)c2c(C)c(C)c(OC(=O)C3C=CC(=O)C=C3OC)c(Cl)c2C)c(C)c1O. The van der Waals surface area contributed by atoms with E-state index in [0.717, 1.165) is 0 Å². The maximum absolute atomic E-state index is 13.7. The number of rotatable bonds is 9. The molecule has 12 heteroatoms. The molecule has 0 heterocycles. The molecule has 0 radical (unpaired) electrons. The van der Waals surface area contributed by atoms with Gasteiger partial charge in [-0.1, -0.05) is 24.6 Å². The number of hydrogen-bond donors (Lipinski definition) is 2. The number of aromatic carboxylic acids is 1. The highest BCUT2D eigenvalue weighted by Crippen LogP contribution is 2.41. The number of esters is 3. The van der Waals surface area contributed by atoms with E-state index in [1.165, 1.54) is 38.3 Å². The quantitative estimate of drug-likeness (QED) is 0.167. The van der Waals surface area contributed by atoms with E-state index in [9.17, 15) is 34.2 Å². The van der Waals surface area contributed by atoms with Gasteiger partial charge in [0.05, 0.1) is 23.3 Å². The van der Waals surface area contributed by atoms with E-state index in [-0.39, 0.29) is 67.2 Å². The van der Waals surface area contributed by atoms with Gasteiger partial charge in [0.2, 0.25) is 0 Å². The maximum Gasteiger partial charge on any atom is 0.347 e. The molecule has 0 aliphatic heterocycles. The fourth-order valence-corrected chi connectivity index (χ4v) is 6.49. The van der Waals surface area contributed by atoms with Crippen LogP contribution in [0.4, 0.5) is 0 Å². The van der Waals surface area contributed by atoms with E-state index in [0.29, 0.717) is 39.8 Å². The highest BCUT2D eigenvalue weighted by Gasteiger charge is 2.31. The first-order valence-corrected chi connectivity index (χ1v) is 16.4. The van der Waals surface area contributed by atoms with Crippen molar-refractivity contribution in [1.82, 2.24) is 0 Å². The summed E-state index contributed by atoms with van der Waals surface area (Å²) >= 11 is 6.66. The van der Waals surface area contributed by atoms with Crippen LogP contribution in [0.5, 0.6) is 23.0 Å². The number of carbonyl (C=O) groups is 5. The van der Waals surface area contributed by atoms with Crippen molar-refractivity contribution in [3.63, 3.8) is 0 Å². The molecule has 3 aromatic carbocycles. The van der Waals surface area contributed by atoms with E-state index < -0.39 is 35.5 Å². The van der Waals surface area contributed by atoms with Gasteiger partial charge in [-0.05, 0) is 118 Å². The van der Waals surface area contributed by atoms with Crippen LogP contribution in [0.15, 0.2) is 30.1 Å². The summed E-state index contributed by atoms with van der Waals surface area (Å²) in [7, 11) is 1.34. The van der Waals surface area contributed by atoms with Crippen LogP contribution in [0.1, 0.15) is 88.1 Å². The molecule has 268 valence electrons. The monoisotopic (exact) mass is 718 g/mol. The molecular formula is C39H39ClO11. The zero-order valence-electron chi connectivity index (χ0n) is 30.0. The Bertz CT molecular complexity index is 2070. The molecule has 0 saturated heterocycles. The lowest BCUT2D eigenvalue weighted by Gasteiger charge is -2.22. The van der Waals surface area contributed by atoms with E-state index in [4.69, 9.17) is 30.5 Å². The van der Waals surface area contributed by atoms with E-state index in [1.807, 2.05) is 6.92 Å². The zero-order chi connectivity index (χ0) is 38.2. The van der Waals surface area contributed by atoms with Crippen LogP contribution in [-0.4, -0.2) is 47.0 Å². The Balaban J connectivity index is 1.65. The summed E-state index contributed by atoms with van der Waals surface area (Å²) < 4.78 is 22.4. The molecule has 2 N–H and O–H groups in total. The number of hydrogen-bond acceptors (Lipinski definition) is 10. The van der Waals surface area contributed by atoms with Gasteiger partial charge in [-0.2, -0.15) is 0 Å². The predicted molar refractivity (Wildman–Crippen MR) is 189 cm³/mol. The fraction of sp³-hybridized carbons (Fsp3) is 0.308.